The van der Waals surface area contributed by atoms with E-state index >= 15 is 0 Å². The summed E-state index contributed by atoms with van der Waals surface area (Å²) in [6.45, 7) is 0. The second kappa shape index (κ2) is 8.14. The average Bonchev–Trinajstić information content (AvgIpc) is 3.15. The summed E-state index contributed by atoms with van der Waals surface area (Å²) < 4.78 is 22.5. The first kappa shape index (κ1) is 19.4. The van der Waals surface area contributed by atoms with Crippen LogP contribution in [-0.4, -0.2) is 19.3 Å². The Morgan fingerprint density at radius 2 is 1.82 bits per heavy atom. The number of aromatic nitrogens is 1. The maximum atomic E-state index is 12.3. The summed E-state index contributed by atoms with van der Waals surface area (Å²) in [4.78, 5) is 16.7. The first-order valence-electron chi connectivity index (χ1n) is 7.94. The van der Waals surface area contributed by atoms with Crippen molar-refractivity contribution >= 4 is 39.0 Å². The molecule has 1 aromatic heterocycles. The van der Waals surface area contributed by atoms with Crippen LogP contribution in [0, 0.1) is 11.3 Å². The minimum Gasteiger partial charge on any atom is -0.321 e. The number of rotatable bonds is 5. The molecule has 0 saturated carbocycles. The fourth-order valence-electron chi connectivity index (χ4n) is 2.29. The van der Waals surface area contributed by atoms with Crippen LogP contribution in [0.2, 0.25) is 0 Å². The third-order valence-corrected chi connectivity index (χ3v) is 5.39. The Morgan fingerprint density at radius 1 is 1.14 bits per heavy atom. The third-order valence-electron chi connectivity index (χ3n) is 3.67. The van der Waals surface area contributed by atoms with Crippen LogP contribution < -0.4 is 10.5 Å². The summed E-state index contributed by atoms with van der Waals surface area (Å²) in [6.07, 6.45) is 1.41. The first-order valence-corrected chi connectivity index (χ1v) is 10.4. The maximum Gasteiger partial charge on any atom is 0.266 e. The van der Waals surface area contributed by atoms with E-state index in [1.54, 1.807) is 0 Å². The van der Waals surface area contributed by atoms with Crippen LogP contribution in [0.5, 0.6) is 0 Å². The topological polar surface area (TPSA) is 126 Å². The molecule has 7 nitrogen and oxygen atoms in total. The second-order valence-electron chi connectivity index (χ2n) is 5.63. The number of carbonyl (C=O) groups excluding carboxylic acids is 1. The molecule has 0 fully saturated rings. The molecule has 3 N–H and O–H groups in total. The van der Waals surface area contributed by atoms with E-state index < -0.39 is 15.9 Å². The van der Waals surface area contributed by atoms with Gasteiger partial charge in [-0.2, -0.15) is 5.26 Å². The summed E-state index contributed by atoms with van der Waals surface area (Å²) in [7, 11) is -3.81. The lowest BCUT2D eigenvalue weighted by molar-refractivity contribution is -0.112. The van der Waals surface area contributed by atoms with Gasteiger partial charge in [-0.1, -0.05) is 30.3 Å². The molecular formula is C19H14N4O3S2. The Kier molecular flexibility index (Phi) is 5.65. The highest BCUT2D eigenvalue weighted by Gasteiger charge is 2.13. The van der Waals surface area contributed by atoms with E-state index in [9.17, 15) is 18.5 Å². The monoisotopic (exact) mass is 410 g/mol. The Morgan fingerprint density at radius 3 is 2.43 bits per heavy atom. The number of primary sulfonamides is 1. The lowest BCUT2D eigenvalue weighted by Crippen LogP contribution is -2.14. The summed E-state index contributed by atoms with van der Waals surface area (Å²) in [6, 6.07) is 16.7. The van der Waals surface area contributed by atoms with Crippen molar-refractivity contribution in [2.75, 3.05) is 5.32 Å². The standard InChI is InChI=1S/C19H14N4O3S2/c20-11-14(10-18-23-17(12-27-18)13-4-2-1-3-5-13)19(24)22-15-6-8-16(9-7-15)28(21,25)26/h1-10,12H,(H,22,24)(H2,21,25,26)/b14-10-. The molecule has 0 aliphatic carbocycles. The van der Waals surface area contributed by atoms with Gasteiger partial charge in [0.05, 0.1) is 10.6 Å². The second-order valence-corrected chi connectivity index (χ2v) is 8.08. The molecule has 9 heteroatoms. The molecule has 0 spiro atoms. The van der Waals surface area contributed by atoms with Crippen LogP contribution in [0.15, 0.2) is 70.4 Å². The number of hydrogen-bond acceptors (Lipinski definition) is 6. The molecule has 140 valence electrons. The van der Waals surface area contributed by atoms with Gasteiger partial charge in [-0.3, -0.25) is 4.79 Å². The highest BCUT2D eigenvalue weighted by Crippen LogP contribution is 2.23. The summed E-state index contributed by atoms with van der Waals surface area (Å²) in [5, 5.41) is 19.3. The van der Waals surface area contributed by atoms with Gasteiger partial charge in [-0.15, -0.1) is 11.3 Å². The highest BCUT2D eigenvalue weighted by atomic mass is 32.2. The van der Waals surface area contributed by atoms with E-state index in [1.165, 1.54) is 41.7 Å². The molecule has 1 heterocycles. The van der Waals surface area contributed by atoms with Gasteiger partial charge in [0.25, 0.3) is 5.91 Å². The molecule has 1 amide bonds. The molecule has 0 atom stereocenters. The number of sulfonamides is 1. The van der Waals surface area contributed by atoms with Crippen LogP contribution in [0.25, 0.3) is 17.3 Å². The van der Waals surface area contributed by atoms with Gasteiger partial charge < -0.3 is 5.32 Å². The zero-order valence-corrected chi connectivity index (χ0v) is 16.0. The first-order chi connectivity index (χ1) is 13.4. The van der Waals surface area contributed by atoms with Gasteiger partial charge in [0, 0.05) is 16.6 Å². The predicted octanol–water partition coefficient (Wildman–Crippen LogP) is 3.00. The molecule has 0 radical (unpaired) electrons. The smallest absolute Gasteiger partial charge is 0.266 e. The maximum absolute atomic E-state index is 12.3. The Bertz CT molecular complexity index is 1180. The molecule has 0 unspecified atom stereocenters. The highest BCUT2D eigenvalue weighted by molar-refractivity contribution is 7.89. The van der Waals surface area contributed by atoms with E-state index in [2.05, 4.69) is 10.3 Å². The molecule has 3 rings (SSSR count). The van der Waals surface area contributed by atoms with Gasteiger partial charge in [0.2, 0.25) is 10.0 Å². The molecule has 0 bridgehead atoms. The van der Waals surface area contributed by atoms with Crippen molar-refractivity contribution in [3.63, 3.8) is 0 Å². The van der Waals surface area contributed by atoms with Crippen LogP contribution in [0.3, 0.4) is 0 Å². The van der Waals surface area contributed by atoms with Crippen molar-refractivity contribution < 1.29 is 13.2 Å². The zero-order chi connectivity index (χ0) is 20.1. The van der Waals surface area contributed by atoms with Crippen molar-refractivity contribution in [1.82, 2.24) is 4.98 Å². The fourth-order valence-corrected chi connectivity index (χ4v) is 3.57. The van der Waals surface area contributed by atoms with Gasteiger partial charge in [0.15, 0.2) is 0 Å². The summed E-state index contributed by atoms with van der Waals surface area (Å²) in [5.41, 5.74) is 1.91. The van der Waals surface area contributed by atoms with Gasteiger partial charge >= 0.3 is 0 Å². The zero-order valence-electron chi connectivity index (χ0n) is 14.4. The summed E-state index contributed by atoms with van der Waals surface area (Å²) >= 11 is 1.32. The van der Waals surface area contributed by atoms with Crippen LogP contribution in [-0.2, 0) is 14.8 Å². The Balaban J connectivity index is 1.77. The molecule has 28 heavy (non-hydrogen) atoms. The van der Waals surface area contributed by atoms with Crippen molar-refractivity contribution in [3.05, 3.63) is 70.6 Å². The quantitative estimate of drug-likeness (QED) is 0.494. The van der Waals surface area contributed by atoms with Crippen LogP contribution in [0.4, 0.5) is 5.69 Å². The van der Waals surface area contributed by atoms with Gasteiger partial charge in [0.1, 0.15) is 16.6 Å². The lowest BCUT2D eigenvalue weighted by atomic mass is 10.2. The fraction of sp³-hybridized carbons (Fsp3) is 0. The Labute approximate surface area is 165 Å². The molecule has 0 aliphatic rings. The number of nitriles is 1. The number of hydrogen-bond donors (Lipinski definition) is 2. The summed E-state index contributed by atoms with van der Waals surface area (Å²) in [5.74, 6) is -0.623. The minimum atomic E-state index is -3.81. The number of anilines is 1. The number of thiazole rings is 1. The van der Waals surface area contributed by atoms with Crippen molar-refractivity contribution in [3.8, 4) is 17.3 Å². The normalized spacial score (nSPS) is 11.6. The van der Waals surface area contributed by atoms with Crippen molar-refractivity contribution in [2.24, 2.45) is 5.14 Å². The van der Waals surface area contributed by atoms with Gasteiger partial charge in [-0.05, 0) is 30.3 Å². The Hall–Kier alpha value is -3.32. The van der Waals surface area contributed by atoms with Crippen LogP contribution >= 0.6 is 11.3 Å². The van der Waals surface area contributed by atoms with E-state index in [-0.39, 0.29) is 10.5 Å². The van der Waals surface area contributed by atoms with E-state index in [0.717, 1.165) is 11.3 Å². The number of benzene rings is 2. The molecule has 2 aromatic carbocycles. The molecule has 0 saturated heterocycles. The predicted molar refractivity (Wildman–Crippen MR) is 108 cm³/mol. The van der Waals surface area contributed by atoms with E-state index in [0.29, 0.717) is 10.7 Å². The molecular weight excluding hydrogens is 396 g/mol. The third kappa shape index (κ3) is 4.69. The minimum absolute atomic E-state index is 0.0715. The van der Waals surface area contributed by atoms with Gasteiger partial charge in [-0.25, -0.2) is 18.5 Å². The lowest BCUT2D eigenvalue weighted by Gasteiger charge is -2.05. The average molecular weight is 410 g/mol. The SMILES string of the molecule is N#C/C(=C/c1nc(-c2ccccc2)cs1)C(=O)Nc1ccc(S(N)(=O)=O)cc1. The largest absolute Gasteiger partial charge is 0.321 e. The molecule has 0 aliphatic heterocycles. The van der Waals surface area contributed by atoms with Crippen molar-refractivity contribution in [2.45, 2.75) is 4.90 Å². The van der Waals surface area contributed by atoms with Crippen LogP contribution in [0.1, 0.15) is 5.01 Å². The van der Waals surface area contributed by atoms with E-state index in [1.807, 2.05) is 41.8 Å². The number of carbonyl (C=O) groups is 1. The number of nitrogens with one attached hydrogen (secondary N) is 1. The number of nitrogens with two attached hydrogens (primary N) is 1. The van der Waals surface area contributed by atoms with E-state index in [4.69, 9.17) is 5.14 Å². The van der Waals surface area contributed by atoms with Crippen molar-refractivity contribution in [1.29, 1.82) is 5.26 Å². The number of nitrogens with zero attached hydrogens (tertiary/aromatic N) is 2. The molecule has 3 aromatic rings. The number of amides is 1.